The van der Waals surface area contributed by atoms with Gasteiger partial charge < -0.3 is 20.5 Å². The van der Waals surface area contributed by atoms with Gasteiger partial charge in [-0.1, -0.05) is 32.0 Å². The quantitative estimate of drug-likeness (QED) is 0.590. The predicted molar refractivity (Wildman–Crippen MR) is 105 cm³/mol. The molecule has 2 amide bonds. The fourth-order valence-corrected chi connectivity index (χ4v) is 2.52. The fourth-order valence-electron chi connectivity index (χ4n) is 2.52. The number of urea groups is 1. The topological polar surface area (TPSA) is 87.7 Å². The van der Waals surface area contributed by atoms with Crippen molar-refractivity contribution >= 4 is 17.5 Å². The van der Waals surface area contributed by atoms with Gasteiger partial charge in [-0.3, -0.25) is 4.79 Å². The lowest BCUT2D eigenvalue weighted by atomic mass is 10.1. The molecular weight excluding hydrogens is 344 g/mol. The van der Waals surface area contributed by atoms with E-state index in [0.717, 1.165) is 17.7 Å². The van der Waals surface area contributed by atoms with Crippen molar-refractivity contribution in [3.05, 3.63) is 59.7 Å². The number of aliphatic hydroxyl groups is 1. The first-order valence-corrected chi connectivity index (χ1v) is 9.10. The molecule has 2 rings (SSSR count). The Balaban J connectivity index is 1.74. The molecule has 0 saturated carbocycles. The minimum Gasteiger partial charge on any atom is -0.491 e. The number of hydrogen-bond donors (Lipinski definition) is 3. The molecule has 0 aromatic heterocycles. The van der Waals surface area contributed by atoms with Crippen molar-refractivity contribution in [1.29, 1.82) is 0 Å². The second-order valence-corrected chi connectivity index (χ2v) is 6.11. The van der Waals surface area contributed by atoms with E-state index < -0.39 is 6.10 Å². The number of ether oxygens (including phenoxy) is 1. The minimum absolute atomic E-state index is 0.0346. The highest BCUT2D eigenvalue weighted by Gasteiger charge is 2.10. The third-order valence-electron chi connectivity index (χ3n) is 4.08. The molecule has 6 heteroatoms. The number of carbonyl (C=O) groups excluding carboxylic acids is 2. The maximum atomic E-state index is 12.0. The summed E-state index contributed by atoms with van der Waals surface area (Å²) in [6.07, 6.45) is 0.416. The normalized spacial score (nSPS) is 11.5. The molecule has 0 heterocycles. The summed E-state index contributed by atoms with van der Waals surface area (Å²) in [6.45, 7) is 3.93. The summed E-state index contributed by atoms with van der Waals surface area (Å²) in [5.41, 5.74) is 2.43. The number of ketones is 1. The lowest BCUT2D eigenvalue weighted by molar-refractivity contribution is 0.0987. The second-order valence-electron chi connectivity index (χ2n) is 6.11. The van der Waals surface area contributed by atoms with E-state index in [1.807, 2.05) is 38.1 Å². The van der Waals surface area contributed by atoms with Crippen LogP contribution in [0.25, 0.3) is 0 Å². The Bertz CT molecular complexity index is 759. The Kier molecular flexibility index (Phi) is 7.82. The third kappa shape index (κ3) is 6.42. The molecule has 1 atom stereocenters. The van der Waals surface area contributed by atoms with E-state index in [9.17, 15) is 14.7 Å². The number of nitrogens with one attached hydrogen (secondary N) is 2. The first-order valence-electron chi connectivity index (χ1n) is 9.10. The number of carbonyl (C=O) groups is 2. The van der Waals surface area contributed by atoms with E-state index in [1.54, 1.807) is 24.3 Å². The van der Waals surface area contributed by atoms with Crippen LogP contribution in [0, 0.1) is 0 Å². The summed E-state index contributed by atoms with van der Waals surface area (Å²) >= 11 is 0. The van der Waals surface area contributed by atoms with Crippen LogP contribution in [0.1, 0.15) is 36.2 Å². The number of benzene rings is 2. The van der Waals surface area contributed by atoms with Crippen molar-refractivity contribution in [2.24, 2.45) is 0 Å². The highest BCUT2D eigenvalue weighted by atomic mass is 16.5. The zero-order valence-electron chi connectivity index (χ0n) is 15.7. The molecule has 1 unspecified atom stereocenters. The van der Waals surface area contributed by atoms with Gasteiger partial charge in [-0.05, 0) is 42.3 Å². The van der Waals surface area contributed by atoms with Gasteiger partial charge in [0.25, 0.3) is 0 Å². The average Bonchev–Trinajstić information content (AvgIpc) is 2.71. The molecule has 3 N–H and O–H groups in total. The van der Waals surface area contributed by atoms with Gasteiger partial charge in [-0.15, -0.1) is 0 Å². The third-order valence-corrected chi connectivity index (χ3v) is 4.08. The Labute approximate surface area is 159 Å². The molecule has 2 aromatic rings. The van der Waals surface area contributed by atoms with Crippen molar-refractivity contribution < 1.29 is 19.4 Å². The number of aryl methyl sites for hydroxylation is 1. The highest BCUT2D eigenvalue weighted by Crippen LogP contribution is 2.15. The molecule has 0 bridgehead atoms. The van der Waals surface area contributed by atoms with Gasteiger partial charge in [0.15, 0.2) is 5.78 Å². The summed E-state index contributed by atoms with van der Waals surface area (Å²) in [5.74, 6) is 0.629. The van der Waals surface area contributed by atoms with E-state index in [0.29, 0.717) is 17.7 Å². The zero-order chi connectivity index (χ0) is 19.6. The van der Waals surface area contributed by atoms with Crippen LogP contribution in [0.15, 0.2) is 48.5 Å². The summed E-state index contributed by atoms with van der Waals surface area (Å²) in [7, 11) is 0. The molecule has 6 nitrogen and oxygen atoms in total. The number of hydrogen-bond acceptors (Lipinski definition) is 4. The summed E-state index contributed by atoms with van der Waals surface area (Å²) in [6, 6.07) is 14.0. The van der Waals surface area contributed by atoms with Gasteiger partial charge in [-0.25, -0.2) is 4.79 Å². The van der Waals surface area contributed by atoms with E-state index in [4.69, 9.17) is 4.74 Å². The van der Waals surface area contributed by atoms with E-state index in [2.05, 4.69) is 10.6 Å². The van der Waals surface area contributed by atoms with E-state index in [-0.39, 0.29) is 25.0 Å². The lowest BCUT2D eigenvalue weighted by Crippen LogP contribution is -2.37. The summed E-state index contributed by atoms with van der Waals surface area (Å²) in [5, 5.41) is 15.4. The Morgan fingerprint density at radius 2 is 1.78 bits per heavy atom. The van der Waals surface area contributed by atoms with Gasteiger partial charge in [0.2, 0.25) is 0 Å². The fraction of sp³-hybridized carbons (Fsp3) is 0.333. The Hall–Kier alpha value is -2.86. The second kappa shape index (κ2) is 10.3. The van der Waals surface area contributed by atoms with Crippen molar-refractivity contribution in [2.75, 3.05) is 18.5 Å². The number of Topliss-reactive ketones (excluding diaryl/α,β-unsaturated/α-hetero) is 1. The molecule has 27 heavy (non-hydrogen) atoms. The van der Waals surface area contributed by atoms with Gasteiger partial charge in [0, 0.05) is 24.2 Å². The molecule has 0 spiro atoms. The monoisotopic (exact) mass is 370 g/mol. The van der Waals surface area contributed by atoms with Gasteiger partial charge in [0.05, 0.1) is 0 Å². The molecule has 0 fully saturated rings. The first kappa shape index (κ1) is 20.5. The maximum absolute atomic E-state index is 12.0. The number of anilines is 1. The van der Waals surface area contributed by atoms with Crippen LogP contribution in [0.3, 0.4) is 0 Å². The van der Waals surface area contributed by atoms with Crippen LogP contribution in [0.4, 0.5) is 10.5 Å². The molecule has 0 radical (unpaired) electrons. The van der Waals surface area contributed by atoms with Crippen LogP contribution < -0.4 is 15.4 Å². The van der Waals surface area contributed by atoms with Crippen molar-refractivity contribution in [2.45, 2.75) is 32.8 Å². The molecule has 0 aliphatic carbocycles. The largest absolute Gasteiger partial charge is 0.491 e. The van der Waals surface area contributed by atoms with Crippen LogP contribution in [-0.2, 0) is 6.42 Å². The highest BCUT2D eigenvalue weighted by molar-refractivity contribution is 5.95. The van der Waals surface area contributed by atoms with Crippen LogP contribution in [0.2, 0.25) is 0 Å². The summed E-state index contributed by atoms with van der Waals surface area (Å²) < 4.78 is 5.49. The lowest BCUT2D eigenvalue weighted by Gasteiger charge is -2.15. The molecule has 0 aliphatic rings. The van der Waals surface area contributed by atoms with Gasteiger partial charge in [0.1, 0.15) is 18.5 Å². The Morgan fingerprint density at radius 1 is 1.07 bits per heavy atom. The molecule has 144 valence electrons. The van der Waals surface area contributed by atoms with Crippen molar-refractivity contribution in [3.8, 4) is 5.75 Å². The maximum Gasteiger partial charge on any atom is 0.319 e. The average molecular weight is 370 g/mol. The van der Waals surface area contributed by atoms with E-state index >= 15 is 0 Å². The molecular formula is C21H26N2O4. The zero-order valence-corrected chi connectivity index (χ0v) is 15.7. The summed E-state index contributed by atoms with van der Waals surface area (Å²) in [4.78, 5) is 23.6. The molecule has 2 aromatic carbocycles. The predicted octanol–water partition coefficient (Wildman–Crippen LogP) is 3.40. The van der Waals surface area contributed by atoms with Crippen LogP contribution in [0.5, 0.6) is 5.75 Å². The number of aliphatic hydroxyl groups excluding tert-OH is 1. The standard InChI is InChI=1S/C21H26N2O4/c1-3-15-7-5-6-8-19(15)23-21(26)22-13-17(24)14-27-18-11-9-16(10-12-18)20(25)4-2/h5-12,17,24H,3-4,13-14H2,1-2H3,(H2,22,23,26). The number of rotatable bonds is 9. The van der Waals surface area contributed by atoms with Crippen molar-refractivity contribution in [3.63, 3.8) is 0 Å². The molecule has 0 saturated heterocycles. The minimum atomic E-state index is -0.853. The number of amides is 2. The smallest absolute Gasteiger partial charge is 0.319 e. The SMILES string of the molecule is CCC(=O)c1ccc(OCC(O)CNC(=O)Nc2ccccc2CC)cc1. The molecule has 0 aliphatic heterocycles. The van der Waals surface area contributed by atoms with Crippen LogP contribution in [-0.4, -0.2) is 36.2 Å². The first-order chi connectivity index (χ1) is 13.0. The van der Waals surface area contributed by atoms with Gasteiger partial charge in [-0.2, -0.15) is 0 Å². The Morgan fingerprint density at radius 3 is 2.44 bits per heavy atom. The van der Waals surface area contributed by atoms with Gasteiger partial charge >= 0.3 is 6.03 Å². The van der Waals surface area contributed by atoms with Crippen LogP contribution >= 0.6 is 0 Å². The number of para-hydroxylation sites is 1. The van der Waals surface area contributed by atoms with Crippen molar-refractivity contribution in [1.82, 2.24) is 5.32 Å². The van der Waals surface area contributed by atoms with E-state index in [1.165, 1.54) is 0 Å².